The molecule has 0 aliphatic carbocycles. The van der Waals surface area contributed by atoms with Gasteiger partial charge in [-0.15, -0.1) is 0 Å². The minimum atomic E-state index is -0.599. The van der Waals surface area contributed by atoms with Crippen LogP contribution in [0.1, 0.15) is 29.7 Å². The van der Waals surface area contributed by atoms with Crippen LogP contribution in [-0.2, 0) is 16.1 Å². The molecule has 0 spiro atoms. The summed E-state index contributed by atoms with van der Waals surface area (Å²) >= 11 is 0. The van der Waals surface area contributed by atoms with Gasteiger partial charge in [0.05, 0.1) is 13.7 Å². The van der Waals surface area contributed by atoms with Crippen molar-refractivity contribution in [1.29, 1.82) is 0 Å². The molecule has 24 heavy (non-hydrogen) atoms. The van der Waals surface area contributed by atoms with Gasteiger partial charge in [0.25, 0.3) is 5.91 Å². The van der Waals surface area contributed by atoms with Crippen LogP contribution in [0.15, 0.2) is 28.7 Å². The first-order valence-electron chi connectivity index (χ1n) is 7.45. The molecule has 0 aromatic carbocycles. The van der Waals surface area contributed by atoms with Crippen molar-refractivity contribution in [2.45, 2.75) is 26.0 Å². The van der Waals surface area contributed by atoms with E-state index in [1.165, 1.54) is 18.1 Å². The number of nitrogen functional groups attached to an aromatic ring is 1. The molecule has 3 heterocycles. The highest BCUT2D eigenvalue weighted by molar-refractivity contribution is 5.99. The summed E-state index contributed by atoms with van der Waals surface area (Å²) in [5.41, 5.74) is 5.72. The lowest BCUT2D eigenvalue weighted by atomic mass is 10.2. The van der Waals surface area contributed by atoms with Gasteiger partial charge in [-0.25, -0.2) is 9.78 Å². The molecule has 0 fully saturated rings. The van der Waals surface area contributed by atoms with Gasteiger partial charge in [0.15, 0.2) is 17.7 Å². The summed E-state index contributed by atoms with van der Waals surface area (Å²) in [7, 11) is 1.27. The molecule has 126 valence electrons. The zero-order valence-corrected chi connectivity index (χ0v) is 13.3. The Kier molecular flexibility index (Phi) is 4.11. The van der Waals surface area contributed by atoms with Crippen LogP contribution in [0.3, 0.4) is 0 Å². The molecule has 8 heteroatoms. The van der Waals surface area contributed by atoms with Crippen LogP contribution in [0, 0.1) is 0 Å². The molecular weight excluding hydrogens is 314 g/mol. The molecule has 0 bridgehead atoms. The number of ether oxygens (including phenoxy) is 2. The molecule has 1 atom stereocenters. The van der Waals surface area contributed by atoms with Gasteiger partial charge in [-0.2, -0.15) is 0 Å². The smallest absolute Gasteiger partial charge is 0.373 e. The van der Waals surface area contributed by atoms with Crippen LogP contribution >= 0.6 is 0 Å². The Morgan fingerprint density at radius 1 is 1.38 bits per heavy atom. The Morgan fingerprint density at radius 2 is 2.17 bits per heavy atom. The van der Waals surface area contributed by atoms with Crippen molar-refractivity contribution in [1.82, 2.24) is 4.98 Å². The van der Waals surface area contributed by atoms with Gasteiger partial charge in [0.1, 0.15) is 11.6 Å². The number of hydrogen-bond donors (Lipinski definition) is 1. The molecule has 0 saturated heterocycles. The number of pyridine rings is 1. The minimum absolute atomic E-state index is 0.0704. The van der Waals surface area contributed by atoms with E-state index < -0.39 is 12.1 Å². The maximum absolute atomic E-state index is 12.6. The highest BCUT2D eigenvalue weighted by Gasteiger charge is 2.35. The van der Waals surface area contributed by atoms with Gasteiger partial charge in [0, 0.05) is 0 Å². The quantitative estimate of drug-likeness (QED) is 0.850. The van der Waals surface area contributed by atoms with E-state index in [0.717, 1.165) is 0 Å². The number of methoxy groups -OCH3 is 1. The second-order valence-electron chi connectivity index (χ2n) is 5.25. The van der Waals surface area contributed by atoms with E-state index in [4.69, 9.17) is 14.9 Å². The summed E-state index contributed by atoms with van der Waals surface area (Å²) in [4.78, 5) is 29.7. The van der Waals surface area contributed by atoms with Crippen LogP contribution in [0.4, 0.5) is 11.6 Å². The Morgan fingerprint density at radius 3 is 2.88 bits per heavy atom. The Labute approximate surface area is 138 Å². The number of furan rings is 1. The highest BCUT2D eigenvalue weighted by atomic mass is 16.5. The van der Waals surface area contributed by atoms with E-state index in [1.54, 1.807) is 18.2 Å². The van der Waals surface area contributed by atoms with Crippen LogP contribution in [0.25, 0.3) is 0 Å². The molecular formula is C16H17N3O5. The second-order valence-corrected chi connectivity index (χ2v) is 5.25. The van der Waals surface area contributed by atoms with Crippen molar-refractivity contribution in [3.8, 4) is 5.75 Å². The number of carbonyl (C=O) groups excluding carboxylic acids is 2. The van der Waals surface area contributed by atoms with E-state index in [9.17, 15) is 9.59 Å². The number of fused-ring (bicyclic) bond motifs is 1. The van der Waals surface area contributed by atoms with Crippen molar-refractivity contribution >= 4 is 23.5 Å². The van der Waals surface area contributed by atoms with Gasteiger partial charge in [0.2, 0.25) is 5.76 Å². The largest absolute Gasteiger partial charge is 0.477 e. The van der Waals surface area contributed by atoms with Gasteiger partial charge >= 0.3 is 5.97 Å². The van der Waals surface area contributed by atoms with Crippen molar-refractivity contribution in [2.24, 2.45) is 0 Å². The van der Waals surface area contributed by atoms with Crippen molar-refractivity contribution in [3.05, 3.63) is 35.8 Å². The van der Waals surface area contributed by atoms with Crippen LogP contribution in [0.2, 0.25) is 0 Å². The number of nitrogens with zero attached hydrogens (tertiary/aromatic N) is 2. The van der Waals surface area contributed by atoms with Crippen LogP contribution in [0.5, 0.6) is 5.75 Å². The molecule has 0 saturated carbocycles. The molecule has 0 radical (unpaired) electrons. The maximum Gasteiger partial charge on any atom is 0.373 e. The third-order valence-electron chi connectivity index (χ3n) is 3.66. The molecule has 8 nitrogen and oxygen atoms in total. The topological polar surface area (TPSA) is 108 Å². The molecule has 1 aliphatic heterocycles. The Bertz CT molecular complexity index is 786. The average Bonchev–Trinajstić information content (AvgIpc) is 3.05. The van der Waals surface area contributed by atoms with Gasteiger partial charge in [-0.05, 0) is 30.7 Å². The molecule has 2 aromatic heterocycles. The zero-order valence-electron chi connectivity index (χ0n) is 13.3. The first-order valence-corrected chi connectivity index (χ1v) is 7.45. The monoisotopic (exact) mass is 331 g/mol. The zero-order chi connectivity index (χ0) is 17.3. The van der Waals surface area contributed by atoms with Gasteiger partial charge in [-0.3, -0.25) is 9.69 Å². The lowest BCUT2D eigenvalue weighted by molar-refractivity contribution is -0.126. The van der Waals surface area contributed by atoms with Crippen molar-refractivity contribution < 1.29 is 23.5 Å². The van der Waals surface area contributed by atoms with E-state index in [0.29, 0.717) is 23.7 Å². The first kappa shape index (κ1) is 15.9. The average molecular weight is 331 g/mol. The maximum atomic E-state index is 12.6. The van der Waals surface area contributed by atoms with Crippen LogP contribution in [-0.4, -0.2) is 30.1 Å². The van der Waals surface area contributed by atoms with E-state index in [-0.39, 0.29) is 24.0 Å². The normalized spacial score (nSPS) is 16.5. The minimum Gasteiger partial charge on any atom is -0.477 e. The summed E-state index contributed by atoms with van der Waals surface area (Å²) in [6, 6.07) is 6.41. The standard InChI is InChI=1S/C16H17N3O5/c1-3-10-15(20)19(14-11(24-10)6-7-13(17)18-14)8-9-4-5-12(23-9)16(21)22-2/h4-7,10H,3,8H2,1-2H3,(H2,17,18). The molecule has 1 amide bonds. The summed E-state index contributed by atoms with van der Waals surface area (Å²) in [6.07, 6.45) is -0.0805. The summed E-state index contributed by atoms with van der Waals surface area (Å²) in [5, 5.41) is 0. The number of hydrogen-bond acceptors (Lipinski definition) is 7. The number of amides is 1. The van der Waals surface area contributed by atoms with Gasteiger partial charge < -0.3 is 19.6 Å². The highest BCUT2D eigenvalue weighted by Crippen LogP contribution is 2.34. The lowest BCUT2D eigenvalue weighted by Crippen LogP contribution is -2.45. The predicted molar refractivity (Wildman–Crippen MR) is 84.6 cm³/mol. The summed E-state index contributed by atoms with van der Waals surface area (Å²) in [6.45, 7) is 1.97. The predicted octanol–water partition coefficient (Wildman–Crippen LogP) is 1.75. The third-order valence-corrected chi connectivity index (χ3v) is 3.66. The molecule has 2 aromatic rings. The first-order chi connectivity index (χ1) is 11.5. The van der Waals surface area contributed by atoms with Crippen molar-refractivity contribution in [2.75, 3.05) is 17.7 Å². The molecule has 3 rings (SSSR count). The number of carbonyl (C=O) groups is 2. The fraction of sp³-hybridized carbons (Fsp3) is 0.312. The van der Waals surface area contributed by atoms with E-state index in [1.807, 2.05) is 6.92 Å². The lowest BCUT2D eigenvalue weighted by Gasteiger charge is -2.32. The summed E-state index contributed by atoms with van der Waals surface area (Å²) in [5.74, 6) is 0.774. The van der Waals surface area contributed by atoms with Crippen molar-refractivity contribution in [3.63, 3.8) is 0 Å². The molecule has 2 N–H and O–H groups in total. The molecule has 1 unspecified atom stereocenters. The molecule has 1 aliphatic rings. The number of esters is 1. The van der Waals surface area contributed by atoms with E-state index in [2.05, 4.69) is 9.72 Å². The summed E-state index contributed by atoms with van der Waals surface area (Å²) < 4.78 is 15.7. The number of anilines is 2. The third kappa shape index (κ3) is 2.78. The van der Waals surface area contributed by atoms with Gasteiger partial charge in [-0.1, -0.05) is 6.92 Å². The Balaban J connectivity index is 1.93. The van der Waals surface area contributed by atoms with E-state index >= 15 is 0 Å². The fourth-order valence-corrected chi connectivity index (χ4v) is 2.46. The SMILES string of the molecule is CCC1Oc2ccc(N)nc2N(Cc2ccc(C(=O)OC)o2)C1=O. The number of nitrogens with two attached hydrogens (primary N) is 1. The van der Waals surface area contributed by atoms with Crippen LogP contribution < -0.4 is 15.4 Å². The fourth-order valence-electron chi connectivity index (χ4n) is 2.46. The number of rotatable bonds is 4. The second kappa shape index (κ2) is 6.23. The Hall–Kier alpha value is -3.03. The number of aromatic nitrogens is 1.